The minimum atomic E-state index is 0.204. The van der Waals surface area contributed by atoms with Gasteiger partial charge in [0.1, 0.15) is 0 Å². The molecule has 15 heavy (non-hydrogen) atoms. The summed E-state index contributed by atoms with van der Waals surface area (Å²) in [7, 11) is 0. The maximum absolute atomic E-state index is 11.7. The van der Waals surface area contributed by atoms with Gasteiger partial charge in [0.05, 0.1) is 0 Å². The van der Waals surface area contributed by atoms with Crippen LogP contribution in [-0.2, 0) is 0 Å². The summed E-state index contributed by atoms with van der Waals surface area (Å²) >= 11 is 9.24. The third-order valence-electron chi connectivity index (χ3n) is 2.27. The molecule has 3 heteroatoms. The van der Waals surface area contributed by atoms with Crippen LogP contribution >= 0.6 is 27.5 Å². The van der Waals surface area contributed by atoms with Crippen LogP contribution in [0.4, 0.5) is 0 Å². The van der Waals surface area contributed by atoms with E-state index in [1.165, 1.54) is 0 Å². The first-order valence-electron chi connectivity index (χ1n) is 5.00. The summed E-state index contributed by atoms with van der Waals surface area (Å²) in [6.07, 6.45) is 2.59. The molecule has 0 amide bonds. The van der Waals surface area contributed by atoms with Gasteiger partial charge in [-0.1, -0.05) is 27.5 Å². The standard InChI is InChI=1S/C12H14BrClO/c1-9-8-10(5-6-11(9)14)12(15)4-2-3-7-13/h5-6,8H,2-4,7H2,1H3. The number of halogens is 2. The second kappa shape index (κ2) is 6.29. The van der Waals surface area contributed by atoms with Crippen molar-refractivity contribution in [3.8, 4) is 0 Å². The lowest BCUT2D eigenvalue weighted by Gasteiger charge is -2.03. The molecule has 0 fully saturated rings. The lowest BCUT2D eigenvalue weighted by Crippen LogP contribution is -1.99. The van der Waals surface area contributed by atoms with E-state index in [-0.39, 0.29) is 5.78 Å². The number of hydrogen-bond donors (Lipinski definition) is 0. The lowest BCUT2D eigenvalue weighted by molar-refractivity contribution is 0.0980. The van der Waals surface area contributed by atoms with E-state index >= 15 is 0 Å². The average molecular weight is 290 g/mol. The van der Waals surface area contributed by atoms with Gasteiger partial charge in [-0.05, 0) is 43.5 Å². The van der Waals surface area contributed by atoms with Gasteiger partial charge < -0.3 is 0 Å². The van der Waals surface area contributed by atoms with E-state index in [0.29, 0.717) is 11.4 Å². The minimum Gasteiger partial charge on any atom is -0.294 e. The summed E-state index contributed by atoms with van der Waals surface area (Å²) in [4.78, 5) is 11.7. The van der Waals surface area contributed by atoms with Gasteiger partial charge in [0.25, 0.3) is 0 Å². The molecule has 0 atom stereocenters. The summed E-state index contributed by atoms with van der Waals surface area (Å²) in [6.45, 7) is 1.91. The highest BCUT2D eigenvalue weighted by Crippen LogP contribution is 2.17. The fourth-order valence-electron chi connectivity index (χ4n) is 1.34. The first-order chi connectivity index (χ1) is 7.15. The molecule has 0 aliphatic rings. The van der Waals surface area contributed by atoms with Gasteiger partial charge in [0.2, 0.25) is 0 Å². The van der Waals surface area contributed by atoms with E-state index in [4.69, 9.17) is 11.6 Å². The van der Waals surface area contributed by atoms with Gasteiger partial charge in [-0.15, -0.1) is 0 Å². The fraction of sp³-hybridized carbons (Fsp3) is 0.417. The average Bonchev–Trinajstić information content (AvgIpc) is 2.22. The molecule has 0 saturated carbocycles. The van der Waals surface area contributed by atoms with Crippen LogP contribution < -0.4 is 0 Å². The fourth-order valence-corrected chi connectivity index (χ4v) is 1.86. The molecule has 0 heterocycles. The highest BCUT2D eigenvalue weighted by molar-refractivity contribution is 9.09. The number of alkyl halides is 1. The number of carbonyl (C=O) groups excluding carboxylic acids is 1. The number of carbonyl (C=O) groups is 1. The second-order valence-corrected chi connectivity index (χ2v) is 4.73. The van der Waals surface area contributed by atoms with Gasteiger partial charge in [-0.2, -0.15) is 0 Å². The Bertz CT molecular complexity index is 349. The molecule has 1 rings (SSSR count). The molecule has 0 saturated heterocycles. The largest absolute Gasteiger partial charge is 0.294 e. The van der Waals surface area contributed by atoms with Crippen LogP contribution in [0.15, 0.2) is 18.2 Å². The molecule has 0 radical (unpaired) electrons. The van der Waals surface area contributed by atoms with Crippen molar-refractivity contribution >= 4 is 33.3 Å². The SMILES string of the molecule is Cc1cc(C(=O)CCCCBr)ccc1Cl. The van der Waals surface area contributed by atoms with Crippen LogP contribution in [0.3, 0.4) is 0 Å². The minimum absolute atomic E-state index is 0.204. The van der Waals surface area contributed by atoms with E-state index in [1.54, 1.807) is 12.1 Å². The maximum Gasteiger partial charge on any atom is 0.162 e. The summed E-state index contributed by atoms with van der Waals surface area (Å²) in [5.74, 6) is 0.204. The first kappa shape index (κ1) is 12.7. The topological polar surface area (TPSA) is 17.1 Å². The van der Waals surface area contributed by atoms with Crippen LogP contribution in [-0.4, -0.2) is 11.1 Å². The molecular formula is C12H14BrClO. The molecule has 82 valence electrons. The number of ketones is 1. The van der Waals surface area contributed by atoms with Crippen molar-refractivity contribution in [2.24, 2.45) is 0 Å². The molecule has 0 spiro atoms. The van der Waals surface area contributed by atoms with E-state index in [9.17, 15) is 4.79 Å². The number of rotatable bonds is 5. The van der Waals surface area contributed by atoms with E-state index < -0.39 is 0 Å². The van der Waals surface area contributed by atoms with Crippen molar-refractivity contribution in [1.82, 2.24) is 0 Å². The monoisotopic (exact) mass is 288 g/mol. The van der Waals surface area contributed by atoms with Crippen molar-refractivity contribution in [2.45, 2.75) is 26.2 Å². The molecule has 0 unspecified atom stereocenters. The Morgan fingerprint density at radius 1 is 1.40 bits per heavy atom. The molecule has 0 aliphatic heterocycles. The van der Waals surface area contributed by atoms with Gasteiger partial charge in [0, 0.05) is 22.3 Å². The van der Waals surface area contributed by atoms with Crippen LogP contribution in [0.1, 0.15) is 35.2 Å². The summed E-state index contributed by atoms with van der Waals surface area (Å²) in [5, 5.41) is 1.67. The lowest BCUT2D eigenvalue weighted by atomic mass is 10.0. The van der Waals surface area contributed by atoms with Crippen LogP contribution in [0.2, 0.25) is 5.02 Å². The summed E-state index contributed by atoms with van der Waals surface area (Å²) in [6, 6.07) is 5.44. The highest BCUT2D eigenvalue weighted by atomic mass is 79.9. The molecule has 1 aromatic carbocycles. The zero-order chi connectivity index (χ0) is 11.3. The van der Waals surface area contributed by atoms with Gasteiger partial charge >= 0.3 is 0 Å². The Morgan fingerprint density at radius 3 is 2.73 bits per heavy atom. The molecule has 0 bridgehead atoms. The predicted molar refractivity (Wildman–Crippen MR) is 68.2 cm³/mol. The zero-order valence-electron chi connectivity index (χ0n) is 8.72. The molecule has 0 aliphatic carbocycles. The van der Waals surface area contributed by atoms with Gasteiger partial charge in [0.15, 0.2) is 5.78 Å². The van der Waals surface area contributed by atoms with Gasteiger partial charge in [-0.3, -0.25) is 4.79 Å². The van der Waals surface area contributed by atoms with Crippen LogP contribution in [0.5, 0.6) is 0 Å². The Kier molecular flexibility index (Phi) is 5.34. The maximum atomic E-state index is 11.7. The van der Waals surface area contributed by atoms with E-state index in [2.05, 4.69) is 15.9 Å². The number of hydrogen-bond acceptors (Lipinski definition) is 1. The number of aryl methyl sites for hydroxylation is 1. The van der Waals surface area contributed by atoms with E-state index in [1.807, 2.05) is 13.0 Å². The van der Waals surface area contributed by atoms with Crippen LogP contribution in [0.25, 0.3) is 0 Å². The van der Waals surface area contributed by atoms with Crippen molar-refractivity contribution in [3.05, 3.63) is 34.3 Å². The molecule has 0 aromatic heterocycles. The normalized spacial score (nSPS) is 10.3. The van der Waals surface area contributed by atoms with E-state index in [0.717, 1.165) is 29.3 Å². The zero-order valence-corrected chi connectivity index (χ0v) is 11.1. The Hall–Kier alpha value is -0.340. The molecule has 1 aromatic rings. The Morgan fingerprint density at radius 2 is 2.13 bits per heavy atom. The van der Waals surface area contributed by atoms with Crippen molar-refractivity contribution in [2.75, 3.05) is 5.33 Å². The quantitative estimate of drug-likeness (QED) is 0.446. The van der Waals surface area contributed by atoms with Crippen molar-refractivity contribution in [1.29, 1.82) is 0 Å². The second-order valence-electron chi connectivity index (χ2n) is 3.53. The predicted octanol–water partition coefficient (Wildman–Crippen LogP) is 4.40. The Balaban J connectivity index is 2.62. The number of unbranched alkanes of at least 4 members (excludes halogenated alkanes) is 1. The van der Waals surface area contributed by atoms with Gasteiger partial charge in [-0.25, -0.2) is 0 Å². The molecule has 1 nitrogen and oxygen atoms in total. The highest BCUT2D eigenvalue weighted by Gasteiger charge is 2.06. The third kappa shape index (κ3) is 3.96. The molecule has 0 N–H and O–H groups in total. The molecular weight excluding hydrogens is 275 g/mol. The Labute approximate surface area is 104 Å². The van der Waals surface area contributed by atoms with Crippen molar-refractivity contribution < 1.29 is 4.79 Å². The van der Waals surface area contributed by atoms with Crippen LogP contribution in [0, 0.1) is 6.92 Å². The number of Topliss-reactive ketones (excluding diaryl/α,β-unsaturated/α-hetero) is 1. The smallest absolute Gasteiger partial charge is 0.162 e. The first-order valence-corrected chi connectivity index (χ1v) is 6.50. The third-order valence-corrected chi connectivity index (χ3v) is 3.25. The summed E-state index contributed by atoms with van der Waals surface area (Å²) in [5.41, 5.74) is 1.73. The van der Waals surface area contributed by atoms with Crippen molar-refractivity contribution in [3.63, 3.8) is 0 Å². The summed E-state index contributed by atoms with van der Waals surface area (Å²) < 4.78 is 0. The number of benzene rings is 1.